The van der Waals surface area contributed by atoms with E-state index in [1.807, 2.05) is 26.1 Å². The van der Waals surface area contributed by atoms with Crippen LogP contribution in [-0.2, 0) is 0 Å². The highest BCUT2D eigenvalue weighted by Gasteiger charge is 2.37. The fourth-order valence-corrected chi connectivity index (χ4v) is 2.38. The van der Waals surface area contributed by atoms with Gasteiger partial charge >= 0.3 is 0 Å². The van der Waals surface area contributed by atoms with E-state index in [-0.39, 0.29) is 23.6 Å². The van der Waals surface area contributed by atoms with Gasteiger partial charge in [0.2, 0.25) is 0 Å². The summed E-state index contributed by atoms with van der Waals surface area (Å²) in [5.41, 5.74) is 2.23. The highest BCUT2D eigenvalue weighted by molar-refractivity contribution is 6.33. The minimum absolute atomic E-state index is 0.211. The molecule has 0 spiro atoms. The minimum atomic E-state index is -0.370. The third kappa shape index (κ3) is 2.11. The molecule has 1 aromatic carbocycles. The van der Waals surface area contributed by atoms with Crippen molar-refractivity contribution in [1.29, 1.82) is 0 Å². The number of imide groups is 1. The number of nitrogens with zero attached hydrogens (tertiary/aromatic N) is 2. The quantitative estimate of drug-likeness (QED) is 0.876. The Morgan fingerprint density at radius 2 is 1.81 bits per heavy atom. The predicted octanol–water partition coefficient (Wildman–Crippen LogP) is 2.16. The Kier molecular flexibility index (Phi) is 3.27. The van der Waals surface area contributed by atoms with Gasteiger partial charge in [-0.1, -0.05) is 12.1 Å². The van der Waals surface area contributed by atoms with Crippen molar-refractivity contribution in [2.75, 3.05) is 11.9 Å². The van der Waals surface area contributed by atoms with Crippen molar-refractivity contribution >= 4 is 17.5 Å². The van der Waals surface area contributed by atoms with E-state index in [2.05, 4.69) is 10.3 Å². The van der Waals surface area contributed by atoms with Crippen molar-refractivity contribution in [3.63, 3.8) is 0 Å². The van der Waals surface area contributed by atoms with Crippen LogP contribution < -0.4 is 10.2 Å². The van der Waals surface area contributed by atoms with E-state index in [0.29, 0.717) is 11.3 Å². The Morgan fingerprint density at radius 1 is 1.10 bits per heavy atom. The van der Waals surface area contributed by atoms with Gasteiger partial charge in [-0.15, -0.1) is 0 Å². The fourth-order valence-electron chi connectivity index (χ4n) is 2.38. The Hall–Kier alpha value is -2.53. The maximum absolute atomic E-state index is 12.3. The van der Waals surface area contributed by atoms with Crippen LogP contribution in [-0.4, -0.2) is 23.8 Å². The third-order valence-corrected chi connectivity index (χ3v) is 3.73. The van der Waals surface area contributed by atoms with Gasteiger partial charge in [0.1, 0.15) is 5.69 Å². The van der Waals surface area contributed by atoms with E-state index >= 15 is 0 Å². The van der Waals surface area contributed by atoms with Crippen LogP contribution in [0.25, 0.3) is 0 Å². The van der Waals surface area contributed by atoms with Gasteiger partial charge in [0.25, 0.3) is 11.8 Å². The lowest BCUT2D eigenvalue weighted by Gasteiger charge is -2.16. The number of aromatic nitrogens is 1. The minimum Gasteiger partial charge on any atom is -0.313 e. The zero-order valence-corrected chi connectivity index (χ0v) is 11.8. The number of anilines is 1. The molecule has 0 aliphatic carbocycles. The summed E-state index contributed by atoms with van der Waals surface area (Å²) in [7, 11) is 1.88. The lowest BCUT2D eigenvalue weighted by Crippen LogP contribution is -2.29. The molecule has 2 heterocycles. The standard InChI is InChI=1S/C16H15N3O2/c1-10(17-2)11-5-7-12(8-6-11)19-15(20)13-4-3-9-18-14(13)16(19)21/h3-10,17H,1-2H3. The molecule has 3 rings (SSSR count). The zero-order valence-electron chi connectivity index (χ0n) is 11.8. The van der Waals surface area contributed by atoms with Crippen molar-refractivity contribution in [3.05, 3.63) is 59.4 Å². The summed E-state index contributed by atoms with van der Waals surface area (Å²) in [6.45, 7) is 2.04. The molecule has 0 fully saturated rings. The van der Waals surface area contributed by atoms with Gasteiger partial charge in [0, 0.05) is 12.2 Å². The smallest absolute Gasteiger partial charge is 0.284 e. The van der Waals surface area contributed by atoms with Gasteiger partial charge in [-0.05, 0) is 43.8 Å². The topological polar surface area (TPSA) is 62.3 Å². The van der Waals surface area contributed by atoms with Crippen LogP contribution in [0.2, 0.25) is 0 Å². The molecule has 0 saturated carbocycles. The molecule has 1 aliphatic rings. The number of hydrogen-bond donors (Lipinski definition) is 1. The van der Waals surface area contributed by atoms with Crippen molar-refractivity contribution in [2.24, 2.45) is 0 Å². The highest BCUT2D eigenvalue weighted by atomic mass is 16.2. The summed E-state index contributed by atoms with van der Waals surface area (Å²) in [5, 5.41) is 3.14. The summed E-state index contributed by atoms with van der Waals surface area (Å²) in [6.07, 6.45) is 1.52. The number of carbonyl (C=O) groups excluding carboxylic acids is 2. The largest absolute Gasteiger partial charge is 0.313 e. The first kappa shape index (κ1) is 13.5. The molecule has 2 amide bonds. The number of benzene rings is 1. The lowest BCUT2D eigenvalue weighted by molar-refractivity contribution is 0.0924. The van der Waals surface area contributed by atoms with E-state index in [9.17, 15) is 9.59 Å². The van der Waals surface area contributed by atoms with Crippen molar-refractivity contribution in [2.45, 2.75) is 13.0 Å². The first-order valence-corrected chi connectivity index (χ1v) is 6.74. The maximum Gasteiger partial charge on any atom is 0.284 e. The number of pyridine rings is 1. The molecule has 21 heavy (non-hydrogen) atoms. The Bertz CT molecular complexity index is 675. The molecular weight excluding hydrogens is 266 g/mol. The molecule has 106 valence electrons. The number of rotatable bonds is 3. The molecule has 1 aromatic heterocycles. The summed E-state index contributed by atoms with van der Waals surface area (Å²) in [5.74, 6) is -0.692. The first-order valence-electron chi connectivity index (χ1n) is 6.74. The monoisotopic (exact) mass is 281 g/mol. The molecule has 0 saturated heterocycles. The lowest BCUT2D eigenvalue weighted by atomic mass is 10.1. The molecule has 1 N–H and O–H groups in total. The average molecular weight is 281 g/mol. The molecular formula is C16H15N3O2. The van der Waals surface area contributed by atoms with Crippen molar-refractivity contribution < 1.29 is 9.59 Å². The number of hydrogen-bond acceptors (Lipinski definition) is 4. The Morgan fingerprint density at radius 3 is 2.43 bits per heavy atom. The maximum atomic E-state index is 12.3. The molecule has 1 aliphatic heterocycles. The average Bonchev–Trinajstić information content (AvgIpc) is 2.79. The summed E-state index contributed by atoms with van der Waals surface area (Å²) in [4.78, 5) is 29.8. The second kappa shape index (κ2) is 5.10. The molecule has 2 aromatic rings. The summed E-state index contributed by atoms with van der Waals surface area (Å²) >= 11 is 0. The van der Waals surface area contributed by atoms with E-state index in [1.54, 1.807) is 24.3 Å². The number of fused-ring (bicyclic) bond motifs is 1. The summed E-state index contributed by atoms with van der Waals surface area (Å²) in [6, 6.07) is 10.9. The fraction of sp³-hybridized carbons (Fsp3) is 0.188. The molecule has 0 bridgehead atoms. The van der Waals surface area contributed by atoms with Gasteiger partial charge in [-0.25, -0.2) is 4.90 Å². The van der Waals surface area contributed by atoms with Crippen LogP contribution in [0.3, 0.4) is 0 Å². The van der Waals surface area contributed by atoms with E-state index in [1.165, 1.54) is 11.1 Å². The third-order valence-electron chi connectivity index (χ3n) is 3.73. The van der Waals surface area contributed by atoms with Gasteiger partial charge < -0.3 is 5.32 Å². The molecule has 1 unspecified atom stereocenters. The second-order valence-electron chi connectivity index (χ2n) is 4.95. The summed E-state index contributed by atoms with van der Waals surface area (Å²) < 4.78 is 0. The van der Waals surface area contributed by atoms with Gasteiger partial charge in [-0.3, -0.25) is 14.6 Å². The van der Waals surface area contributed by atoms with Gasteiger partial charge in [0.15, 0.2) is 0 Å². The van der Waals surface area contributed by atoms with Crippen LogP contribution in [0.15, 0.2) is 42.6 Å². The highest BCUT2D eigenvalue weighted by Crippen LogP contribution is 2.27. The Labute approximate surface area is 122 Å². The number of carbonyl (C=O) groups is 2. The molecule has 5 heteroatoms. The molecule has 1 atom stereocenters. The van der Waals surface area contributed by atoms with E-state index in [4.69, 9.17) is 0 Å². The second-order valence-corrected chi connectivity index (χ2v) is 4.95. The van der Waals surface area contributed by atoms with Crippen LogP contribution in [0, 0.1) is 0 Å². The number of nitrogens with one attached hydrogen (secondary N) is 1. The predicted molar refractivity (Wildman–Crippen MR) is 79.3 cm³/mol. The van der Waals surface area contributed by atoms with Crippen LogP contribution >= 0.6 is 0 Å². The molecule has 5 nitrogen and oxygen atoms in total. The molecule has 0 radical (unpaired) electrons. The van der Waals surface area contributed by atoms with E-state index < -0.39 is 0 Å². The SMILES string of the molecule is CNC(C)c1ccc(N2C(=O)c3cccnc3C2=O)cc1. The van der Waals surface area contributed by atoms with Gasteiger partial charge in [-0.2, -0.15) is 0 Å². The van der Waals surface area contributed by atoms with E-state index in [0.717, 1.165) is 5.56 Å². The number of amides is 2. The van der Waals surface area contributed by atoms with Crippen molar-refractivity contribution in [1.82, 2.24) is 10.3 Å². The van der Waals surface area contributed by atoms with Crippen LogP contribution in [0.4, 0.5) is 5.69 Å². The van der Waals surface area contributed by atoms with Crippen LogP contribution in [0.1, 0.15) is 39.4 Å². The van der Waals surface area contributed by atoms with Crippen LogP contribution in [0.5, 0.6) is 0 Å². The van der Waals surface area contributed by atoms with Gasteiger partial charge in [0.05, 0.1) is 11.3 Å². The van der Waals surface area contributed by atoms with Crippen molar-refractivity contribution in [3.8, 4) is 0 Å². The zero-order chi connectivity index (χ0) is 15.0. The Balaban J connectivity index is 1.96. The first-order chi connectivity index (χ1) is 10.1. The normalized spacial score (nSPS) is 15.2.